The molecule has 144 valence electrons. The number of halogens is 3. The monoisotopic (exact) mass is 388 g/mol. The number of anilines is 1. The number of methoxy groups -OCH3 is 1. The predicted octanol–water partition coefficient (Wildman–Crippen LogP) is 4.26. The zero-order chi connectivity index (χ0) is 20.3. The number of nitrogens with zero attached hydrogens (tertiary/aromatic N) is 1. The summed E-state index contributed by atoms with van der Waals surface area (Å²) in [6.45, 7) is 0. The molecule has 0 saturated heterocycles. The Morgan fingerprint density at radius 2 is 1.82 bits per heavy atom. The van der Waals surface area contributed by atoms with Gasteiger partial charge in [-0.3, -0.25) is 4.79 Å². The average Bonchev–Trinajstić information content (AvgIpc) is 2.66. The molecule has 0 aliphatic heterocycles. The molecule has 0 radical (unpaired) electrons. The first kappa shape index (κ1) is 19.2. The molecule has 28 heavy (non-hydrogen) atoms. The van der Waals surface area contributed by atoms with Crippen LogP contribution in [0.5, 0.6) is 11.6 Å². The number of hydrogen-bond acceptors (Lipinski definition) is 5. The van der Waals surface area contributed by atoms with E-state index in [-0.39, 0.29) is 34.1 Å². The van der Waals surface area contributed by atoms with Crippen LogP contribution in [0.4, 0.5) is 18.9 Å². The molecule has 0 spiro atoms. The number of rotatable bonds is 5. The van der Waals surface area contributed by atoms with Crippen LogP contribution in [0.25, 0.3) is 11.3 Å². The van der Waals surface area contributed by atoms with Crippen LogP contribution in [0.15, 0.2) is 48.5 Å². The summed E-state index contributed by atoms with van der Waals surface area (Å²) in [5.74, 6) is -3.05. The normalized spacial score (nSPS) is 10.6. The van der Waals surface area contributed by atoms with E-state index < -0.39 is 29.8 Å². The maximum atomic E-state index is 14.5. The van der Waals surface area contributed by atoms with Crippen LogP contribution < -0.4 is 10.5 Å². The molecule has 0 aliphatic rings. The largest absolute Gasteiger partial charge is 0.469 e. The third-order valence-corrected chi connectivity index (χ3v) is 3.87. The Labute approximate surface area is 158 Å². The smallest absolute Gasteiger partial charge is 0.310 e. The minimum Gasteiger partial charge on any atom is -0.469 e. The second-order valence-electron chi connectivity index (χ2n) is 5.83. The molecule has 1 heterocycles. The van der Waals surface area contributed by atoms with E-state index in [0.717, 1.165) is 25.3 Å². The van der Waals surface area contributed by atoms with Gasteiger partial charge in [-0.1, -0.05) is 6.07 Å². The topological polar surface area (TPSA) is 74.4 Å². The van der Waals surface area contributed by atoms with Crippen LogP contribution in [0.3, 0.4) is 0 Å². The fraction of sp³-hybridized carbons (Fsp3) is 0.100. The highest BCUT2D eigenvalue weighted by Gasteiger charge is 2.16. The molecule has 2 aromatic carbocycles. The molecule has 0 amide bonds. The van der Waals surface area contributed by atoms with E-state index in [1.807, 2.05) is 0 Å². The minimum absolute atomic E-state index is 0.0142. The fourth-order valence-electron chi connectivity index (χ4n) is 2.48. The molecule has 8 heteroatoms. The van der Waals surface area contributed by atoms with Gasteiger partial charge in [-0.15, -0.1) is 0 Å². The van der Waals surface area contributed by atoms with Gasteiger partial charge in [-0.2, -0.15) is 0 Å². The summed E-state index contributed by atoms with van der Waals surface area (Å²) in [5, 5.41) is 0. The highest BCUT2D eigenvalue weighted by molar-refractivity contribution is 5.73. The summed E-state index contributed by atoms with van der Waals surface area (Å²) in [6, 6.07) is 10.1. The van der Waals surface area contributed by atoms with Gasteiger partial charge in [0, 0.05) is 28.9 Å². The lowest BCUT2D eigenvalue weighted by atomic mass is 10.0. The van der Waals surface area contributed by atoms with Gasteiger partial charge >= 0.3 is 5.97 Å². The molecule has 0 unspecified atom stereocenters. The van der Waals surface area contributed by atoms with Gasteiger partial charge in [0.15, 0.2) is 11.6 Å². The van der Waals surface area contributed by atoms with Crippen molar-refractivity contribution in [1.29, 1.82) is 0 Å². The van der Waals surface area contributed by atoms with Crippen molar-refractivity contribution in [3.05, 3.63) is 71.5 Å². The molecular weight excluding hydrogens is 373 g/mol. The number of carbonyl (C=O) groups is 1. The van der Waals surface area contributed by atoms with Gasteiger partial charge in [-0.25, -0.2) is 18.2 Å². The van der Waals surface area contributed by atoms with E-state index >= 15 is 0 Å². The quantitative estimate of drug-likeness (QED) is 0.522. The Hall–Kier alpha value is -3.55. The van der Waals surface area contributed by atoms with Crippen molar-refractivity contribution < 1.29 is 27.4 Å². The van der Waals surface area contributed by atoms with Crippen molar-refractivity contribution in [2.24, 2.45) is 0 Å². The lowest BCUT2D eigenvalue weighted by Gasteiger charge is -2.10. The number of hydrogen-bond donors (Lipinski definition) is 1. The fourth-order valence-corrected chi connectivity index (χ4v) is 2.48. The Kier molecular flexibility index (Phi) is 5.49. The third-order valence-electron chi connectivity index (χ3n) is 3.87. The Morgan fingerprint density at radius 3 is 2.54 bits per heavy atom. The zero-order valence-electron chi connectivity index (χ0n) is 14.7. The first-order chi connectivity index (χ1) is 13.4. The summed E-state index contributed by atoms with van der Waals surface area (Å²) < 4.78 is 52.4. The van der Waals surface area contributed by atoms with Crippen molar-refractivity contribution in [3.8, 4) is 22.9 Å². The number of esters is 1. The molecule has 3 aromatic rings. The molecule has 0 saturated carbocycles. The number of carbonyl (C=O) groups excluding carboxylic acids is 1. The summed E-state index contributed by atoms with van der Waals surface area (Å²) in [4.78, 5) is 15.4. The maximum absolute atomic E-state index is 14.5. The van der Waals surface area contributed by atoms with Crippen LogP contribution in [0.2, 0.25) is 0 Å². The molecule has 1 aromatic heterocycles. The van der Waals surface area contributed by atoms with Gasteiger partial charge < -0.3 is 15.2 Å². The van der Waals surface area contributed by atoms with Crippen LogP contribution in [-0.2, 0) is 16.0 Å². The zero-order valence-corrected chi connectivity index (χ0v) is 14.7. The van der Waals surface area contributed by atoms with E-state index in [9.17, 15) is 18.0 Å². The number of aromatic nitrogens is 1. The first-order valence-electron chi connectivity index (χ1n) is 8.12. The van der Waals surface area contributed by atoms with Crippen molar-refractivity contribution in [3.63, 3.8) is 0 Å². The lowest BCUT2D eigenvalue weighted by molar-refractivity contribution is -0.139. The number of benzene rings is 2. The highest BCUT2D eigenvalue weighted by atomic mass is 19.1. The molecule has 2 N–H and O–H groups in total. The standard InChI is InChI=1S/C20H15F3N2O3/c1-27-20(26)8-11-7-15(22)13(10-14(11)21)17-3-2-4-19(25-17)28-18-6-5-12(24)9-16(18)23/h2-7,9-10H,8,24H2,1H3. The van der Waals surface area contributed by atoms with Crippen LogP contribution in [-0.4, -0.2) is 18.1 Å². The van der Waals surface area contributed by atoms with Gasteiger partial charge in [0.05, 0.1) is 19.2 Å². The van der Waals surface area contributed by atoms with Gasteiger partial charge in [-0.05, 0) is 30.3 Å². The first-order valence-corrected chi connectivity index (χ1v) is 8.12. The van der Waals surface area contributed by atoms with Crippen LogP contribution in [0.1, 0.15) is 5.56 Å². The second kappa shape index (κ2) is 7.99. The SMILES string of the molecule is COC(=O)Cc1cc(F)c(-c2cccc(Oc3ccc(N)cc3F)n2)cc1F. The van der Waals surface area contributed by atoms with E-state index in [1.54, 1.807) is 0 Å². The average molecular weight is 388 g/mol. The second-order valence-corrected chi connectivity index (χ2v) is 5.83. The van der Waals surface area contributed by atoms with Crippen molar-refractivity contribution in [2.75, 3.05) is 12.8 Å². The van der Waals surface area contributed by atoms with Crippen molar-refractivity contribution in [2.45, 2.75) is 6.42 Å². The third kappa shape index (κ3) is 4.22. The van der Waals surface area contributed by atoms with Gasteiger partial charge in [0.25, 0.3) is 0 Å². The summed E-state index contributed by atoms with van der Waals surface area (Å²) in [6.07, 6.45) is -0.396. The molecule has 0 atom stereocenters. The van der Waals surface area contributed by atoms with Crippen molar-refractivity contribution >= 4 is 11.7 Å². The van der Waals surface area contributed by atoms with Gasteiger partial charge in [0.2, 0.25) is 5.88 Å². The number of pyridine rings is 1. The Balaban J connectivity index is 1.91. The van der Waals surface area contributed by atoms with E-state index in [1.165, 1.54) is 30.3 Å². The van der Waals surface area contributed by atoms with Crippen LogP contribution in [0, 0.1) is 17.5 Å². The van der Waals surface area contributed by atoms with Crippen molar-refractivity contribution in [1.82, 2.24) is 4.98 Å². The molecule has 3 rings (SSSR count). The van der Waals surface area contributed by atoms with E-state index in [2.05, 4.69) is 9.72 Å². The molecule has 0 bridgehead atoms. The highest BCUT2D eigenvalue weighted by Crippen LogP contribution is 2.29. The van der Waals surface area contributed by atoms with E-state index in [4.69, 9.17) is 10.5 Å². The Morgan fingerprint density at radius 1 is 1.04 bits per heavy atom. The summed E-state index contributed by atoms with van der Waals surface area (Å²) >= 11 is 0. The van der Waals surface area contributed by atoms with Gasteiger partial charge in [0.1, 0.15) is 11.6 Å². The summed E-state index contributed by atoms with van der Waals surface area (Å²) in [7, 11) is 1.16. The summed E-state index contributed by atoms with van der Waals surface area (Å²) in [5.41, 5.74) is 5.53. The number of ether oxygens (including phenoxy) is 2. The lowest BCUT2D eigenvalue weighted by Crippen LogP contribution is -2.07. The molecule has 0 fully saturated rings. The maximum Gasteiger partial charge on any atom is 0.310 e. The van der Waals surface area contributed by atoms with E-state index in [0.29, 0.717) is 0 Å². The molecule has 5 nitrogen and oxygen atoms in total. The Bertz CT molecular complexity index is 1040. The van der Waals surface area contributed by atoms with Crippen LogP contribution >= 0.6 is 0 Å². The minimum atomic E-state index is -0.778. The predicted molar refractivity (Wildman–Crippen MR) is 96.2 cm³/mol. The molecule has 0 aliphatic carbocycles. The number of nitrogens with two attached hydrogens (primary N) is 1. The number of nitrogen functional groups attached to an aromatic ring is 1. The molecular formula is C20H15F3N2O3.